The summed E-state index contributed by atoms with van der Waals surface area (Å²) in [5.74, 6) is -0.0103. The van der Waals surface area contributed by atoms with E-state index in [2.05, 4.69) is 5.32 Å². The quantitative estimate of drug-likeness (QED) is 0.367. The molecule has 0 bridgehead atoms. The third kappa shape index (κ3) is 3.99. The van der Waals surface area contributed by atoms with Gasteiger partial charge in [-0.25, -0.2) is 9.67 Å². The number of anilines is 1. The monoisotopic (exact) mass is 525 g/mol. The topological polar surface area (TPSA) is 90.9 Å². The smallest absolute Gasteiger partial charge is 0.295 e. The van der Waals surface area contributed by atoms with Gasteiger partial charge in [0, 0.05) is 17.5 Å². The maximum Gasteiger partial charge on any atom is 0.295 e. The highest BCUT2D eigenvalue weighted by Gasteiger charge is 2.24. The number of nitrogens with one attached hydrogen (secondary N) is 1. The van der Waals surface area contributed by atoms with E-state index in [1.807, 2.05) is 60.7 Å². The number of nitrogens with zero attached hydrogens (tertiary/aromatic N) is 4. The van der Waals surface area contributed by atoms with Crippen molar-refractivity contribution in [3.8, 4) is 17.1 Å². The number of carbonyl (C=O) groups excluding carboxylic acids is 1. The van der Waals surface area contributed by atoms with E-state index >= 15 is 0 Å². The zero-order valence-electron chi connectivity index (χ0n) is 21.2. The van der Waals surface area contributed by atoms with Crippen LogP contribution in [-0.2, 0) is 31.2 Å². The van der Waals surface area contributed by atoms with E-state index in [1.165, 1.54) is 14.1 Å². The highest BCUT2D eigenvalue weighted by atomic mass is 32.1. The third-order valence-electron chi connectivity index (χ3n) is 7.23. The van der Waals surface area contributed by atoms with Crippen molar-refractivity contribution in [2.24, 2.45) is 7.05 Å². The normalized spacial score (nSPS) is 13.0. The fourth-order valence-corrected chi connectivity index (χ4v) is 6.48. The Balaban J connectivity index is 1.42. The number of hydrogen-bond acceptors (Lipinski definition) is 5. The highest BCUT2D eigenvalue weighted by molar-refractivity contribution is 7.18. The first kappa shape index (κ1) is 24.1. The fourth-order valence-electron chi connectivity index (χ4n) is 5.23. The molecule has 38 heavy (non-hydrogen) atoms. The summed E-state index contributed by atoms with van der Waals surface area (Å²) in [5.41, 5.74) is 2.79. The van der Waals surface area contributed by atoms with Crippen molar-refractivity contribution in [2.75, 3.05) is 5.32 Å². The first-order valence-electron chi connectivity index (χ1n) is 12.7. The van der Waals surface area contributed by atoms with Crippen LogP contribution < -0.4 is 16.4 Å². The van der Waals surface area contributed by atoms with Gasteiger partial charge in [-0.1, -0.05) is 48.5 Å². The number of benzene rings is 2. The second-order valence-electron chi connectivity index (χ2n) is 9.57. The number of thiophene rings is 1. The zero-order chi connectivity index (χ0) is 26.4. The molecule has 0 radical (unpaired) electrons. The van der Waals surface area contributed by atoms with E-state index in [1.54, 1.807) is 30.0 Å². The Kier molecular flexibility index (Phi) is 6.07. The van der Waals surface area contributed by atoms with Gasteiger partial charge in [-0.05, 0) is 50.3 Å². The molecule has 1 aliphatic carbocycles. The van der Waals surface area contributed by atoms with Gasteiger partial charge >= 0.3 is 0 Å². The van der Waals surface area contributed by atoms with Crippen LogP contribution in [0.25, 0.3) is 27.3 Å². The van der Waals surface area contributed by atoms with Gasteiger partial charge in [0.2, 0.25) is 5.91 Å². The highest BCUT2D eigenvalue weighted by Crippen LogP contribution is 2.34. The molecule has 192 valence electrons. The molecule has 2 aromatic carbocycles. The SMILES string of the molecule is Cc1c(NC(=O)Cn2c(-c3ccccc3)nc3sc4c(c3c2=O)CCCC4)c(=O)n(-c2ccccc2)n1C. The van der Waals surface area contributed by atoms with E-state index in [4.69, 9.17) is 4.98 Å². The number of aryl methyl sites for hydroxylation is 2. The van der Waals surface area contributed by atoms with Crippen molar-refractivity contribution in [1.29, 1.82) is 0 Å². The molecule has 0 aliphatic heterocycles. The maximum atomic E-state index is 13.9. The van der Waals surface area contributed by atoms with Crippen LogP contribution in [0, 0.1) is 6.92 Å². The molecule has 0 atom stereocenters. The molecule has 0 spiro atoms. The van der Waals surface area contributed by atoms with Crippen molar-refractivity contribution >= 4 is 33.1 Å². The lowest BCUT2D eigenvalue weighted by Gasteiger charge is -2.14. The van der Waals surface area contributed by atoms with Crippen molar-refractivity contribution in [1.82, 2.24) is 18.9 Å². The maximum absolute atomic E-state index is 13.9. The minimum absolute atomic E-state index is 0.192. The standard InChI is InChI=1S/C29H27N5O3S/c1-18-25(29(37)34(32(18)2)20-13-7-4-8-14-20)30-23(35)17-33-26(19-11-5-3-6-12-19)31-27-24(28(33)36)21-15-9-10-16-22(21)38-27/h3-8,11-14H,9-10,15-17H2,1-2H3,(H,30,35). The van der Waals surface area contributed by atoms with Crippen LogP contribution in [0.15, 0.2) is 70.3 Å². The first-order chi connectivity index (χ1) is 18.4. The minimum atomic E-state index is -0.458. The summed E-state index contributed by atoms with van der Waals surface area (Å²) in [5, 5.41) is 3.41. The molecule has 1 N–H and O–H groups in total. The van der Waals surface area contributed by atoms with Crippen LogP contribution in [0.3, 0.4) is 0 Å². The summed E-state index contributed by atoms with van der Waals surface area (Å²) in [4.78, 5) is 47.4. The molecule has 3 aromatic heterocycles. The van der Waals surface area contributed by atoms with Crippen molar-refractivity contribution in [3.05, 3.63) is 97.5 Å². The Bertz CT molecular complexity index is 1800. The van der Waals surface area contributed by atoms with Gasteiger partial charge in [0.05, 0.1) is 16.8 Å². The minimum Gasteiger partial charge on any atom is -0.318 e. The first-order valence-corrected chi connectivity index (χ1v) is 13.5. The molecular weight excluding hydrogens is 498 g/mol. The van der Waals surface area contributed by atoms with E-state index in [0.717, 1.165) is 41.6 Å². The molecule has 0 fully saturated rings. The zero-order valence-corrected chi connectivity index (χ0v) is 22.0. The summed E-state index contributed by atoms with van der Waals surface area (Å²) >= 11 is 1.59. The second kappa shape index (κ2) is 9.57. The van der Waals surface area contributed by atoms with Gasteiger partial charge in [0.15, 0.2) is 0 Å². The van der Waals surface area contributed by atoms with Gasteiger partial charge in [0.25, 0.3) is 11.1 Å². The number of aromatic nitrogens is 4. The van der Waals surface area contributed by atoms with Gasteiger partial charge in [0.1, 0.15) is 22.9 Å². The van der Waals surface area contributed by atoms with E-state index < -0.39 is 5.91 Å². The Hall–Kier alpha value is -4.24. The molecule has 6 rings (SSSR count). The molecule has 3 heterocycles. The summed E-state index contributed by atoms with van der Waals surface area (Å²) < 4.78 is 4.67. The molecular formula is C29H27N5O3S. The number of rotatable bonds is 5. The van der Waals surface area contributed by atoms with Crippen molar-refractivity contribution in [3.63, 3.8) is 0 Å². The number of fused-ring (bicyclic) bond motifs is 3. The number of carbonyl (C=O) groups is 1. The molecule has 0 saturated carbocycles. The lowest BCUT2D eigenvalue weighted by atomic mass is 9.97. The Morgan fingerprint density at radius 2 is 1.66 bits per heavy atom. The van der Waals surface area contributed by atoms with Crippen LogP contribution >= 0.6 is 11.3 Å². The summed E-state index contributed by atoms with van der Waals surface area (Å²) in [6.07, 6.45) is 3.96. The second-order valence-corrected chi connectivity index (χ2v) is 10.7. The molecule has 0 unspecified atom stereocenters. The summed E-state index contributed by atoms with van der Waals surface area (Å²) in [7, 11) is 1.77. The molecule has 1 amide bonds. The van der Waals surface area contributed by atoms with E-state index in [-0.39, 0.29) is 23.4 Å². The average molecular weight is 526 g/mol. The number of para-hydroxylation sites is 1. The van der Waals surface area contributed by atoms with Gasteiger partial charge in [-0.15, -0.1) is 11.3 Å². The van der Waals surface area contributed by atoms with Gasteiger partial charge < -0.3 is 5.32 Å². The lowest BCUT2D eigenvalue weighted by Crippen LogP contribution is -2.31. The number of amides is 1. The predicted molar refractivity (Wildman–Crippen MR) is 150 cm³/mol. The molecule has 8 nitrogen and oxygen atoms in total. The Morgan fingerprint density at radius 3 is 2.39 bits per heavy atom. The van der Waals surface area contributed by atoms with Gasteiger partial charge in [-0.2, -0.15) is 0 Å². The van der Waals surface area contributed by atoms with E-state index in [0.29, 0.717) is 22.6 Å². The molecule has 0 saturated heterocycles. The van der Waals surface area contributed by atoms with Crippen LogP contribution in [0.1, 0.15) is 29.0 Å². The van der Waals surface area contributed by atoms with Crippen LogP contribution in [0.2, 0.25) is 0 Å². The fraction of sp³-hybridized carbons (Fsp3) is 0.241. The van der Waals surface area contributed by atoms with E-state index in [9.17, 15) is 14.4 Å². The van der Waals surface area contributed by atoms with Crippen molar-refractivity contribution < 1.29 is 4.79 Å². The largest absolute Gasteiger partial charge is 0.318 e. The van der Waals surface area contributed by atoms with Crippen LogP contribution in [0.5, 0.6) is 0 Å². The average Bonchev–Trinajstić information content (AvgIpc) is 3.41. The Morgan fingerprint density at radius 1 is 0.974 bits per heavy atom. The molecule has 5 aromatic rings. The lowest BCUT2D eigenvalue weighted by molar-refractivity contribution is -0.116. The summed E-state index contributed by atoms with van der Waals surface area (Å²) in [6.45, 7) is 1.53. The summed E-state index contributed by atoms with van der Waals surface area (Å²) in [6, 6.07) is 18.7. The van der Waals surface area contributed by atoms with Crippen molar-refractivity contribution in [2.45, 2.75) is 39.2 Å². The van der Waals surface area contributed by atoms with Gasteiger partial charge in [-0.3, -0.25) is 23.6 Å². The Labute approximate surface area is 222 Å². The third-order valence-corrected chi connectivity index (χ3v) is 8.41. The molecule has 1 aliphatic rings. The predicted octanol–water partition coefficient (Wildman–Crippen LogP) is 4.44. The van der Waals surface area contributed by atoms with Crippen LogP contribution in [0.4, 0.5) is 5.69 Å². The van der Waals surface area contributed by atoms with Crippen LogP contribution in [-0.4, -0.2) is 24.8 Å². The number of hydrogen-bond donors (Lipinski definition) is 1. The molecule has 9 heteroatoms.